The third-order valence-electron chi connectivity index (χ3n) is 3.00. The Morgan fingerprint density at radius 1 is 1.39 bits per heavy atom. The molecule has 4 heteroatoms. The minimum atomic E-state index is 0.216. The monoisotopic (exact) mass is 308 g/mol. The lowest BCUT2D eigenvalue weighted by molar-refractivity contribution is 0.269. The average Bonchev–Trinajstić information content (AvgIpc) is 2.39. The fraction of sp³-hybridized carbons (Fsp3) is 0.357. The molecule has 1 aromatic heterocycles. The first-order chi connectivity index (χ1) is 8.72. The van der Waals surface area contributed by atoms with Crippen molar-refractivity contribution in [1.82, 2.24) is 10.3 Å². The van der Waals surface area contributed by atoms with Crippen molar-refractivity contribution in [2.24, 2.45) is 0 Å². The summed E-state index contributed by atoms with van der Waals surface area (Å²) in [6, 6.07) is 8.44. The summed E-state index contributed by atoms with van der Waals surface area (Å²) in [4.78, 5) is 4.45. The van der Waals surface area contributed by atoms with Gasteiger partial charge in [0.15, 0.2) is 0 Å². The van der Waals surface area contributed by atoms with Gasteiger partial charge < -0.3 is 10.4 Å². The molecule has 1 aromatic carbocycles. The molecule has 0 aliphatic heterocycles. The molecule has 1 unspecified atom stereocenters. The van der Waals surface area contributed by atoms with Gasteiger partial charge >= 0.3 is 0 Å². The second-order valence-corrected chi connectivity index (χ2v) is 5.25. The van der Waals surface area contributed by atoms with E-state index in [1.54, 1.807) is 0 Å². The highest BCUT2D eigenvalue weighted by molar-refractivity contribution is 9.10. The summed E-state index contributed by atoms with van der Waals surface area (Å²) in [5.41, 5.74) is 2.20. The number of nitrogens with zero attached hydrogens (tertiary/aromatic N) is 1. The quantitative estimate of drug-likeness (QED) is 0.893. The first-order valence-electron chi connectivity index (χ1n) is 6.08. The van der Waals surface area contributed by atoms with E-state index < -0.39 is 0 Å². The van der Waals surface area contributed by atoms with Crippen LogP contribution in [0.2, 0.25) is 0 Å². The summed E-state index contributed by atoms with van der Waals surface area (Å²) < 4.78 is 1.07. The second kappa shape index (κ2) is 6.27. The summed E-state index contributed by atoms with van der Waals surface area (Å²) in [5.74, 6) is 0. The number of aromatic nitrogens is 1. The van der Waals surface area contributed by atoms with Gasteiger partial charge in [-0.25, -0.2) is 0 Å². The molecule has 1 atom stereocenters. The largest absolute Gasteiger partial charge is 0.396 e. The Balaban J connectivity index is 2.21. The fourth-order valence-corrected chi connectivity index (χ4v) is 2.37. The molecule has 2 aromatic rings. The highest BCUT2D eigenvalue weighted by atomic mass is 79.9. The summed E-state index contributed by atoms with van der Waals surface area (Å²) >= 11 is 3.54. The molecule has 3 nitrogen and oxygen atoms in total. The van der Waals surface area contributed by atoms with E-state index in [0.717, 1.165) is 28.3 Å². The molecule has 0 radical (unpaired) electrons. The lowest BCUT2D eigenvalue weighted by Crippen LogP contribution is -2.26. The van der Waals surface area contributed by atoms with Gasteiger partial charge in [-0.2, -0.15) is 0 Å². The molecular formula is C14H17BrN2O. The number of aliphatic hydroxyl groups is 1. The number of benzene rings is 1. The van der Waals surface area contributed by atoms with E-state index in [1.807, 2.05) is 12.3 Å². The van der Waals surface area contributed by atoms with Crippen LogP contribution in [0.3, 0.4) is 0 Å². The van der Waals surface area contributed by atoms with Crippen LogP contribution in [0.25, 0.3) is 10.9 Å². The van der Waals surface area contributed by atoms with Gasteiger partial charge in [0.25, 0.3) is 0 Å². The van der Waals surface area contributed by atoms with Gasteiger partial charge in [-0.15, -0.1) is 0 Å². The third-order valence-corrected chi connectivity index (χ3v) is 3.69. The maximum absolute atomic E-state index is 8.88. The van der Waals surface area contributed by atoms with E-state index in [1.165, 1.54) is 5.56 Å². The lowest BCUT2D eigenvalue weighted by Gasteiger charge is -2.13. The highest BCUT2D eigenvalue weighted by Gasteiger charge is 2.06. The molecule has 0 bridgehead atoms. The normalized spacial score (nSPS) is 12.8. The molecule has 0 fully saturated rings. The number of pyridine rings is 1. The van der Waals surface area contributed by atoms with Gasteiger partial charge in [-0.05, 0) is 31.0 Å². The van der Waals surface area contributed by atoms with Crippen LogP contribution in [0.4, 0.5) is 0 Å². The molecule has 1 heterocycles. The molecule has 0 saturated heterocycles. The van der Waals surface area contributed by atoms with Gasteiger partial charge in [0.2, 0.25) is 0 Å². The Labute approximate surface area is 115 Å². The summed E-state index contributed by atoms with van der Waals surface area (Å²) in [5, 5.41) is 13.4. The number of hydrogen-bond donors (Lipinski definition) is 2. The standard InChI is InChI=1S/C14H17BrN2O/c1-10(6-8-18)17-9-11-4-5-13(15)12-3-2-7-16-14(11)12/h2-5,7,10,17-18H,6,8-9H2,1H3. The number of halogens is 1. The number of rotatable bonds is 5. The van der Waals surface area contributed by atoms with Crippen LogP contribution >= 0.6 is 15.9 Å². The van der Waals surface area contributed by atoms with Crippen LogP contribution in [-0.2, 0) is 6.54 Å². The molecule has 0 aliphatic rings. The predicted molar refractivity (Wildman–Crippen MR) is 77.4 cm³/mol. The molecule has 2 rings (SSSR count). The Hall–Kier alpha value is -0.970. The number of hydrogen-bond acceptors (Lipinski definition) is 3. The number of aliphatic hydroxyl groups excluding tert-OH is 1. The van der Waals surface area contributed by atoms with Gasteiger partial charge in [-0.3, -0.25) is 4.98 Å². The Kier molecular flexibility index (Phi) is 4.69. The molecule has 0 aliphatic carbocycles. The number of fused-ring (bicyclic) bond motifs is 1. The smallest absolute Gasteiger partial charge is 0.0758 e. The van der Waals surface area contributed by atoms with Gasteiger partial charge in [0, 0.05) is 35.2 Å². The molecule has 2 N–H and O–H groups in total. The highest BCUT2D eigenvalue weighted by Crippen LogP contribution is 2.25. The summed E-state index contributed by atoms with van der Waals surface area (Å²) in [6.07, 6.45) is 2.58. The van der Waals surface area contributed by atoms with Crippen LogP contribution in [0.1, 0.15) is 18.9 Å². The predicted octanol–water partition coefficient (Wildman–Crippen LogP) is 2.86. The zero-order chi connectivity index (χ0) is 13.0. The van der Waals surface area contributed by atoms with E-state index in [9.17, 15) is 0 Å². The van der Waals surface area contributed by atoms with Gasteiger partial charge in [0.1, 0.15) is 0 Å². The van der Waals surface area contributed by atoms with Crippen molar-refractivity contribution < 1.29 is 5.11 Å². The molecule has 96 valence electrons. The van der Waals surface area contributed by atoms with Crippen molar-refractivity contribution in [3.05, 3.63) is 40.5 Å². The van der Waals surface area contributed by atoms with E-state index in [-0.39, 0.29) is 6.61 Å². The van der Waals surface area contributed by atoms with Crippen LogP contribution in [0.5, 0.6) is 0 Å². The van der Waals surface area contributed by atoms with Crippen molar-refractivity contribution in [3.8, 4) is 0 Å². The maximum atomic E-state index is 8.88. The van der Waals surface area contributed by atoms with Gasteiger partial charge in [0.05, 0.1) is 5.52 Å². The van der Waals surface area contributed by atoms with Crippen LogP contribution < -0.4 is 5.32 Å². The van der Waals surface area contributed by atoms with Crippen LogP contribution in [0.15, 0.2) is 34.9 Å². The average molecular weight is 309 g/mol. The first kappa shape index (κ1) is 13.5. The Morgan fingerprint density at radius 3 is 3.00 bits per heavy atom. The fourth-order valence-electron chi connectivity index (χ4n) is 1.92. The molecule has 0 saturated carbocycles. The zero-order valence-corrected chi connectivity index (χ0v) is 11.9. The van der Waals surface area contributed by atoms with E-state index in [4.69, 9.17) is 5.11 Å². The SMILES string of the molecule is CC(CCO)NCc1ccc(Br)c2cccnc12. The molecule has 18 heavy (non-hydrogen) atoms. The molecule has 0 spiro atoms. The topological polar surface area (TPSA) is 45.1 Å². The van der Waals surface area contributed by atoms with Gasteiger partial charge in [-0.1, -0.05) is 28.1 Å². The van der Waals surface area contributed by atoms with E-state index in [2.05, 4.69) is 51.4 Å². The summed E-state index contributed by atoms with van der Waals surface area (Å²) in [7, 11) is 0. The van der Waals surface area contributed by atoms with Crippen molar-refractivity contribution >= 4 is 26.8 Å². The molecular weight excluding hydrogens is 292 g/mol. The summed E-state index contributed by atoms with van der Waals surface area (Å²) in [6.45, 7) is 3.06. The minimum absolute atomic E-state index is 0.216. The van der Waals surface area contributed by atoms with Crippen molar-refractivity contribution in [3.63, 3.8) is 0 Å². The molecule has 0 amide bonds. The third kappa shape index (κ3) is 3.07. The Morgan fingerprint density at radius 2 is 2.22 bits per heavy atom. The van der Waals surface area contributed by atoms with Crippen LogP contribution in [-0.4, -0.2) is 22.7 Å². The Bertz CT molecular complexity index is 530. The van der Waals surface area contributed by atoms with Crippen LogP contribution in [0, 0.1) is 0 Å². The number of nitrogens with one attached hydrogen (secondary N) is 1. The lowest BCUT2D eigenvalue weighted by atomic mass is 10.1. The van der Waals surface area contributed by atoms with E-state index >= 15 is 0 Å². The second-order valence-electron chi connectivity index (χ2n) is 4.40. The maximum Gasteiger partial charge on any atom is 0.0758 e. The van der Waals surface area contributed by atoms with Crippen molar-refractivity contribution in [2.75, 3.05) is 6.61 Å². The van der Waals surface area contributed by atoms with E-state index in [0.29, 0.717) is 6.04 Å². The first-order valence-corrected chi connectivity index (χ1v) is 6.88. The minimum Gasteiger partial charge on any atom is -0.396 e. The van der Waals surface area contributed by atoms with Crippen molar-refractivity contribution in [1.29, 1.82) is 0 Å². The zero-order valence-electron chi connectivity index (χ0n) is 10.4. The van der Waals surface area contributed by atoms with Crippen molar-refractivity contribution in [2.45, 2.75) is 25.9 Å².